The summed E-state index contributed by atoms with van der Waals surface area (Å²) in [5.74, 6) is 4.24. The SMILES string of the molecule is CCC(C)(C)C(=O)OC1(C)CC2CCC1(C)C2(C)C.CCC(C)(C)C(=O)OC1(C)CC2CCC1C2.CCC(C)(C)C(=O)OC1(CC)CC2CCC1(C)C2(C)C.CCC(C)(C)C(=O)OC1(CC)CC2CCC1C2. The molecule has 8 aliphatic rings. The Morgan fingerprint density at radius 2 is 0.819 bits per heavy atom. The number of rotatable bonds is 14. The van der Waals surface area contributed by atoms with E-state index in [9.17, 15) is 19.2 Å². The summed E-state index contributed by atoms with van der Waals surface area (Å²) in [6.45, 7) is 46.9. The molecule has 0 N–H and O–H groups in total. The van der Waals surface area contributed by atoms with Crippen molar-refractivity contribution in [2.45, 2.75) is 303 Å². The number of hydrogen-bond acceptors (Lipinski definition) is 8. The van der Waals surface area contributed by atoms with Gasteiger partial charge in [0.1, 0.15) is 22.4 Å². The number of carbonyl (C=O) groups excluding carboxylic acids is 4. The summed E-state index contributed by atoms with van der Waals surface area (Å²) in [7, 11) is 0. The number of carbonyl (C=O) groups is 4. The van der Waals surface area contributed by atoms with Gasteiger partial charge in [-0.15, -0.1) is 0 Å². The van der Waals surface area contributed by atoms with Crippen LogP contribution in [0.25, 0.3) is 0 Å². The van der Waals surface area contributed by atoms with Gasteiger partial charge in [0, 0.05) is 10.8 Å². The van der Waals surface area contributed by atoms with Gasteiger partial charge in [0.15, 0.2) is 0 Å². The van der Waals surface area contributed by atoms with Crippen LogP contribution in [-0.4, -0.2) is 46.3 Å². The van der Waals surface area contributed by atoms with Crippen LogP contribution >= 0.6 is 0 Å². The van der Waals surface area contributed by atoms with Crippen LogP contribution < -0.4 is 0 Å². The normalized spacial score (nSPS) is 38.5. The molecule has 0 saturated heterocycles. The Bertz CT molecular complexity index is 1960. The topological polar surface area (TPSA) is 105 Å². The van der Waals surface area contributed by atoms with Gasteiger partial charge in [-0.3, -0.25) is 19.2 Å². The molecule has 0 heterocycles. The van der Waals surface area contributed by atoms with Gasteiger partial charge in [0.2, 0.25) is 0 Å². The summed E-state index contributed by atoms with van der Waals surface area (Å²) in [4.78, 5) is 49.5. The minimum Gasteiger partial charge on any atom is -0.459 e. The number of hydrogen-bond donors (Lipinski definition) is 0. The summed E-state index contributed by atoms with van der Waals surface area (Å²) in [6, 6.07) is 0. The third-order valence-corrected chi connectivity index (χ3v) is 24.4. The highest BCUT2D eigenvalue weighted by atomic mass is 16.6. The monoisotopic (exact) mass is 1010 g/mol. The van der Waals surface area contributed by atoms with Crippen molar-refractivity contribution in [1.29, 1.82) is 0 Å². The fourth-order valence-corrected chi connectivity index (χ4v) is 15.5. The first-order valence-corrected chi connectivity index (χ1v) is 29.8. The molecule has 8 bridgehead atoms. The Morgan fingerprint density at radius 3 is 1.14 bits per heavy atom. The van der Waals surface area contributed by atoms with Crippen molar-refractivity contribution in [2.24, 2.45) is 78.8 Å². The lowest BCUT2D eigenvalue weighted by Gasteiger charge is -2.48. The largest absolute Gasteiger partial charge is 0.459 e. The van der Waals surface area contributed by atoms with E-state index in [4.69, 9.17) is 18.9 Å². The second kappa shape index (κ2) is 20.7. The quantitative estimate of drug-likeness (QED) is 0.125. The highest BCUT2D eigenvalue weighted by Crippen LogP contribution is 2.72. The Balaban J connectivity index is 0.000000179. The van der Waals surface area contributed by atoms with E-state index in [-0.39, 0.29) is 89.6 Å². The zero-order valence-electron chi connectivity index (χ0n) is 50.9. The number of esters is 4. The molecule has 12 unspecified atom stereocenters. The summed E-state index contributed by atoms with van der Waals surface area (Å²) >= 11 is 0. The van der Waals surface area contributed by atoms with E-state index in [2.05, 4.69) is 90.0 Å². The van der Waals surface area contributed by atoms with Crippen molar-refractivity contribution < 1.29 is 38.1 Å². The fourth-order valence-electron chi connectivity index (χ4n) is 15.5. The molecule has 0 radical (unpaired) electrons. The van der Waals surface area contributed by atoms with Crippen LogP contribution in [0.15, 0.2) is 0 Å². The standard InChI is InChI=1S/C18H32O2.C17H30O2.C15H26O2.C14H24O2/c1-8-15(3,4)14(19)20-18(9-2)12-13-10-11-17(18,7)16(13,5)6;1-8-14(2,3)13(18)19-17(7)11-12-9-10-16(17,6)15(12,4)5;1-5-14(3,4)13(16)17-15(6-2)10-11-7-8-12(15)9-11;1-5-13(2,3)12(15)16-14(4)9-10-6-7-11(14)8-10/h13H,8-12H2,1-7H3;12H,8-11H2,1-7H3;11-12H,5-10H2,1-4H3;10-11H,5-9H2,1-4H3. The van der Waals surface area contributed by atoms with Gasteiger partial charge in [0.25, 0.3) is 0 Å². The van der Waals surface area contributed by atoms with E-state index < -0.39 is 0 Å². The molecule has 72 heavy (non-hydrogen) atoms. The van der Waals surface area contributed by atoms with Crippen molar-refractivity contribution in [1.82, 2.24) is 0 Å². The zero-order valence-corrected chi connectivity index (χ0v) is 50.9. The predicted octanol–water partition coefficient (Wildman–Crippen LogP) is 17.0. The van der Waals surface area contributed by atoms with Crippen molar-refractivity contribution in [3.63, 3.8) is 0 Å². The van der Waals surface area contributed by atoms with Gasteiger partial charge >= 0.3 is 23.9 Å². The van der Waals surface area contributed by atoms with Gasteiger partial charge in [-0.25, -0.2) is 0 Å². The molecule has 8 fully saturated rings. The van der Waals surface area contributed by atoms with E-state index >= 15 is 0 Å². The lowest BCUT2D eigenvalue weighted by Crippen LogP contribution is -2.51. The lowest BCUT2D eigenvalue weighted by molar-refractivity contribution is -0.190. The summed E-state index contributed by atoms with van der Waals surface area (Å²) < 4.78 is 24.2. The molecule has 0 amide bonds. The molecule has 8 saturated carbocycles. The predicted molar refractivity (Wildman–Crippen MR) is 293 cm³/mol. The highest BCUT2D eigenvalue weighted by Gasteiger charge is 2.71. The molecule has 0 aromatic carbocycles. The van der Waals surface area contributed by atoms with Crippen molar-refractivity contribution >= 4 is 23.9 Å². The molecule has 8 rings (SSSR count). The van der Waals surface area contributed by atoms with E-state index in [1.807, 2.05) is 62.3 Å². The molecular weight excluding hydrogens is 897 g/mol. The Hall–Kier alpha value is -2.12. The first kappa shape index (κ1) is 60.7. The molecule has 8 heteroatoms. The van der Waals surface area contributed by atoms with Crippen LogP contribution in [0.4, 0.5) is 0 Å². The third-order valence-electron chi connectivity index (χ3n) is 24.4. The smallest absolute Gasteiger partial charge is 0.312 e. The summed E-state index contributed by atoms with van der Waals surface area (Å²) in [5.41, 5.74) is -1.42. The maximum absolute atomic E-state index is 12.6. The maximum atomic E-state index is 12.6. The Morgan fingerprint density at radius 1 is 0.417 bits per heavy atom. The van der Waals surface area contributed by atoms with Gasteiger partial charge in [-0.1, -0.05) is 83.1 Å². The van der Waals surface area contributed by atoms with Crippen LogP contribution in [0, 0.1) is 78.8 Å². The Labute approximate surface area is 442 Å². The van der Waals surface area contributed by atoms with Crippen LogP contribution in [0.5, 0.6) is 0 Å². The molecule has 8 nitrogen and oxygen atoms in total. The van der Waals surface area contributed by atoms with E-state index in [1.165, 1.54) is 64.2 Å². The zero-order chi connectivity index (χ0) is 54.7. The lowest BCUT2D eigenvalue weighted by atomic mass is 9.63. The molecule has 0 aromatic heterocycles. The maximum Gasteiger partial charge on any atom is 0.312 e. The van der Waals surface area contributed by atoms with Crippen LogP contribution in [0.2, 0.25) is 0 Å². The second-order valence-electron chi connectivity index (χ2n) is 30.0. The number of fused-ring (bicyclic) bond motifs is 8. The average molecular weight is 1010 g/mol. The summed E-state index contributed by atoms with van der Waals surface area (Å²) in [5, 5.41) is 0. The minimum absolute atomic E-state index is 0.00794. The molecule has 416 valence electrons. The highest BCUT2D eigenvalue weighted by molar-refractivity contribution is 5.78. The van der Waals surface area contributed by atoms with Gasteiger partial charge in [0.05, 0.1) is 21.7 Å². The Kier molecular flexibility index (Phi) is 17.4. The van der Waals surface area contributed by atoms with Gasteiger partial charge in [-0.05, 0) is 244 Å². The number of ether oxygens (including phenoxy) is 4. The van der Waals surface area contributed by atoms with Gasteiger partial charge < -0.3 is 18.9 Å². The molecule has 12 atom stereocenters. The molecule has 8 aliphatic carbocycles. The van der Waals surface area contributed by atoms with Crippen molar-refractivity contribution in [2.75, 3.05) is 0 Å². The first-order valence-electron chi connectivity index (χ1n) is 29.8. The fraction of sp³-hybridized carbons (Fsp3) is 0.938. The first-order chi connectivity index (χ1) is 32.9. The second-order valence-corrected chi connectivity index (χ2v) is 30.0. The van der Waals surface area contributed by atoms with E-state index in [0.717, 1.165) is 76.0 Å². The van der Waals surface area contributed by atoms with Crippen molar-refractivity contribution in [3.05, 3.63) is 0 Å². The van der Waals surface area contributed by atoms with Crippen LogP contribution in [-0.2, 0) is 38.1 Å². The average Bonchev–Trinajstić information content (AvgIpc) is 4.20. The van der Waals surface area contributed by atoms with Crippen LogP contribution in [0.3, 0.4) is 0 Å². The summed E-state index contributed by atoms with van der Waals surface area (Å²) in [6.07, 6.45) is 22.3. The van der Waals surface area contributed by atoms with E-state index in [1.54, 1.807) is 0 Å². The van der Waals surface area contributed by atoms with Crippen molar-refractivity contribution in [3.8, 4) is 0 Å². The third kappa shape index (κ3) is 10.5. The van der Waals surface area contributed by atoms with E-state index in [0.29, 0.717) is 23.7 Å². The van der Waals surface area contributed by atoms with Crippen LogP contribution in [0.1, 0.15) is 281 Å². The molecular formula is C64H112O8. The molecule has 0 aromatic rings. The minimum atomic E-state index is -0.371. The van der Waals surface area contributed by atoms with Gasteiger partial charge in [-0.2, -0.15) is 0 Å². The molecule has 0 spiro atoms. The molecule has 0 aliphatic heterocycles.